The van der Waals surface area contributed by atoms with Gasteiger partial charge >= 0.3 is 0 Å². The Labute approximate surface area is 294 Å². The molecule has 0 radical (unpaired) electrons. The van der Waals surface area contributed by atoms with Gasteiger partial charge in [-0.25, -0.2) is 0 Å². The summed E-state index contributed by atoms with van der Waals surface area (Å²) in [7, 11) is 0. The average Bonchev–Trinajstić information content (AvgIpc) is 3.06. The van der Waals surface area contributed by atoms with Crippen molar-refractivity contribution >= 4 is 70.6 Å². The van der Waals surface area contributed by atoms with E-state index in [1.807, 2.05) is 91.0 Å². The average molecular weight is 700 g/mol. The maximum atomic E-state index is 6.23. The second-order valence-corrected chi connectivity index (χ2v) is 11.2. The lowest BCUT2D eigenvalue weighted by Gasteiger charge is -2.15. The predicted octanol–water partition coefficient (Wildman–Crippen LogP) is 3.92. The van der Waals surface area contributed by atoms with Gasteiger partial charge in [0.1, 0.15) is 37.1 Å². The van der Waals surface area contributed by atoms with Crippen molar-refractivity contribution in [3.63, 3.8) is 0 Å². The van der Waals surface area contributed by atoms with Crippen LogP contribution >= 0.6 is 36.7 Å². The summed E-state index contributed by atoms with van der Waals surface area (Å²) in [5, 5.41) is 12.4. The number of rotatable bonds is 15. The van der Waals surface area contributed by atoms with Gasteiger partial charge < -0.3 is 31.4 Å². The van der Waals surface area contributed by atoms with Crippen molar-refractivity contribution in [3.8, 4) is 17.2 Å². The molecule has 0 atom stereocenters. The van der Waals surface area contributed by atoms with Crippen LogP contribution in [-0.2, 0) is 19.8 Å². The number of ether oxygens (including phenoxy) is 3. The highest BCUT2D eigenvalue weighted by Crippen LogP contribution is 2.23. The monoisotopic (exact) mass is 699 g/mol. The molecule has 0 aromatic heterocycles. The van der Waals surface area contributed by atoms with Gasteiger partial charge in [0.05, 0.1) is 18.6 Å². The molecule has 0 spiro atoms. The van der Waals surface area contributed by atoms with Crippen LogP contribution in [0.4, 0.5) is 0 Å². The Hall–Kier alpha value is -5.64. The minimum Gasteiger partial charge on any atom is -0.488 e. The largest absolute Gasteiger partial charge is 0.488 e. The van der Waals surface area contributed by atoms with Gasteiger partial charge in [0.2, 0.25) is 0 Å². The number of hydrogen-bond acceptors (Lipinski definition) is 9. The summed E-state index contributed by atoms with van der Waals surface area (Å²) in [5.74, 6) is 1.88. The molecule has 0 fully saturated rings. The van der Waals surface area contributed by atoms with Gasteiger partial charge in [-0.1, -0.05) is 36.4 Å². The van der Waals surface area contributed by atoms with Crippen LogP contribution in [0.2, 0.25) is 0 Å². The second kappa shape index (κ2) is 18.5. The third-order valence-electron chi connectivity index (χ3n) is 6.19. The summed E-state index contributed by atoms with van der Waals surface area (Å²) in [6.07, 6.45) is 4.77. The van der Waals surface area contributed by atoms with Gasteiger partial charge in [-0.05, 0) is 108 Å². The van der Waals surface area contributed by atoms with Gasteiger partial charge in [0.25, 0.3) is 0 Å². The molecular weight excluding hydrogens is 667 g/mol. The third kappa shape index (κ3) is 11.9. The van der Waals surface area contributed by atoms with E-state index in [1.165, 1.54) is 0 Å². The number of hydrogen-bond donors (Lipinski definition) is 6. The van der Waals surface area contributed by atoms with Crippen LogP contribution in [0.5, 0.6) is 17.2 Å². The Balaban J connectivity index is 1.56. The standard InChI is InChI=1S/C33H33N9O3S3/c34-31(46)40-37-16-25-7-1-4-10-28(25)43-19-22-13-23(20-44-29-11-5-2-8-26(29)17-38-41-32(35)47)15-24(14-22)21-45-30-12-6-3-9-27(30)18-39-42-33(36)48/h1-18H,19-21H2,(H3,34,40,46)(H3,35,41,47)(H3,36,42,48)/b37-16+,38-17+,39-18+. The van der Waals surface area contributed by atoms with Crippen molar-refractivity contribution in [3.05, 3.63) is 124 Å². The van der Waals surface area contributed by atoms with E-state index in [2.05, 4.69) is 31.6 Å². The highest BCUT2D eigenvalue weighted by molar-refractivity contribution is 7.80. The zero-order chi connectivity index (χ0) is 34.1. The Morgan fingerprint density at radius 3 is 1.04 bits per heavy atom. The number of benzene rings is 4. The summed E-state index contributed by atoms with van der Waals surface area (Å²) < 4.78 is 18.7. The molecule has 9 N–H and O–H groups in total. The highest BCUT2D eigenvalue weighted by atomic mass is 32.1. The first kappa shape index (κ1) is 35.2. The van der Waals surface area contributed by atoms with Crippen molar-refractivity contribution in [2.24, 2.45) is 32.5 Å². The van der Waals surface area contributed by atoms with Crippen molar-refractivity contribution in [2.75, 3.05) is 0 Å². The molecule has 246 valence electrons. The van der Waals surface area contributed by atoms with Crippen molar-refractivity contribution in [1.29, 1.82) is 0 Å². The normalized spacial score (nSPS) is 11.0. The number of nitrogens with two attached hydrogens (primary N) is 3. The number of nitrogens with one attached hydrogen (secondary N) is 3. The van der Waals surface area contributed by atoms with E-state index < -0.39 is 0 Å². The molecular formula is C33H33N9O3S3. The number of hydrazone groups is 3. The van der Waals surface area contributed by atoms with Crippen LogP contribution in [0.25, 0.3) is 0 Å². The van der Waals surface area contributed by atoms with E-state index in [1.54, 1.807) is 18.6 Å². The molecule has 0 aliphatic carbocycles. The molecule has 0 saturated carbocycles. The summed E-state index contributed by atoms with van der Waals surface area (Å²) in [5.41, 5.74) is 29.0. The second-order valence-electron chi connectivity index (χ2n) is 9.84. The fourth-order valence-corrected chi connectivity index (χ4v) is 4.38. The Kier molecular flexibility index (Phi) is 13.6. The molecule has 0 unspecified atom stereocenters. The van der Waals surface area contributed by atoms with Gasteiger partial charge in [-0.15, -0.1) is 0 Å². The maximum absolute atomic E-state index is 6.23. The van der Waals surface area contributed by atoms with Gasteiger partial charge in [-0.2, -0.15) is 15.3 Å². The van der Waals surface area contributed by atoms with Crippen LogP contribution in [-0.4, -0.2) is 34.0 Å². The molecule has 0 heterocycles. The fourth-order valence-electron chi connectivity index (χ4n) is 4.22. The van der Waals surface area contributed by atoms with Crippen LogP contribution < -0.4 is 47.7 Å². The van der Waals surface area contributed by atoms with E-state index in [4.69, 9.17) is 68.1 Å². The van der Waals surface area contributed by atoms with Crippen LogP contribution in [0.3, 0.4) is 0 Å². The molecule has 0 bridgehead atoms. The van der Waals surface area contributed by atoms with Gasteiger partial charge in [-0.3, -0.25) is 16.3 Å². The van der Waals surface area contributed by atoms with E-state index in [0.717, 1.165) is 33.4 Å². The summed E-state index contributed by atoms with van der Waals surface area (Å²) in [6.45, 7) is 0.781. The summed E-state index contributed by atoms with van der Waals surface area (Å²) in [4.78, 5) is 0. The van der Waals surface area contributed by atoms with Gasteiger partial charge in [0, 0.05) is 16.7 Å². The molecule has 0 amide bonds. The Morgan fingerprint density at radius 2 is 0.771 bits per heavy atom. The molecule has 4 aromatic rings. The molecule has 4 aromatic carbocycles. The lowest BCUT2D eigenvalue weighted by molar-refractivity contribution is 0.293. The topological polar surface area (TPSA) is 179 Å². The predicted molar refractivity (Wildman–Crippen MR) is 201 cm³/mol. The quantitative estimate of drug-likeness (QED) is 0.0600. The first-order valence-corrected chi connectivity index (χ1v) is 15.5. The molecule has 4 rings (SSSR count). The van der Waals surface area contributed by atoms with E-state index in [9.17, 15) is 0 Å². The number of thiocarbonyl (C=S) groups is 3. The summed E-state index contributed by atoms with van der Waals surface area (Å²) in [6, 6.07) is 28.5. The van der Waals surface area contributed by atoms with Crippen molar-refractivity contribution < 1.29 is 14.2 Å². The third-order valence-corrected chi connectivity index (χ3v) is 6.46. The lowest BCUT2D eigenvalue weighted by Crippen LogP contribution is -2.24. The van der Waals surface area contributed by atoms with E-state index in [0.29, 0.717) is 17.2 Å². The molecule has 0 saturated heterocycles. The zero-order valence-electron chi connectivity index (χ0n) is 25.5. The molecule has 12 nitrogen and oxygen atoms in total. The van der Waals surface area contributed by atoms with Crippen LogP contribution in [0.15, 0.2) is 106 Å². The minimum absolute atomic E-state index is 0.0657. The Morgan fingerprint density at radius 1 is 0.500 bits per heavy atom. The van der Waals surface area contributed by atoms with Crippen molar-refractivity contribution in [1.82, 2.24) is 16.3 Å². The SMILES string of the molecule is NC(=S)N/N=C/c1ccccc1OCc1cc(COc2ccccc2/C=N/NC(N)=S)cc(COc2ccccc2/C=N/NC(N)=S)c1. The van der Waals surface area contributed by atoms with E-state index >= 15 is 0 Å². The highest BCUT2D eigenvalue weighted by Gasteiger charge is 2.09. The first-order valence-electron chi connectivity index (χ1n) is 14.3. The smallest absolute Gasteiger partial charge is 0.184 e. The maximum Gasteiger partial charge on any atom is 0.184 e. The number of nitrogens with zero attached hydrogens (tertiary/aromatic N) is 3. The van der Waals surface area contributed by atoms with Crippen LogP contribution in [0.1, 0.15) is 33.4 Å². The summed E-state index contributed by atoms with van der Waals surface area (Å²) >= 11 is 14.5. The minimum atomic E-state index is 0.0657. The lowest BCUT2D eigenvalue weighted by atomic mass is 10.1. The van der Waals surface area contributed by atoms with E-state index in [-0.39, 0.29) is 35.2 Å². The fraction of sp³-hybridized carbons (Fsp3) is 0.0909. The van der Waals surface area contributed by atoms with Crippen molar-refractivity contribution in [2.45, 2.75) is 19.8 Å². The number of para-hydroxylation sites is 3. The Bertz CT molecular complexity index is 1610. The van der Waals surface area contributed by atoms with Crippen LogP contribution in [0, 0.1) is 0 Å². The molecule has 0 aliphatic heterocycles. The first-order chi connectivity index (χ1) is 23.3. The molecule has 15 heteroatoms. The van der Waals surface area contributed by atoms with Gasteiger partial charge in [0.15, 0.2) is 15.3 Å². The molecule has 48 heavy (non-hydrogen) atoms. The zero-order valence-corrected chi connectivity index (χ0v) is 28.0. The molecule has 0 aliphatic rings.